The maximum Gasteiger partial charge on any atom is 0.192 e. The van der Waals surface area contributed by atoms with Gasteiger partial charge in [0.2, 0.25) is 0 Å². The molecule has 8 rings (SSSR count). The van der Waals surface area contributed by atoms with Gasteiger partial charge in [0.05, 0.1) is 10.4 Å². The van der Waals surface area contributed by atoms with Gasteiger partial charge in [0.25, 0.3) is 0 Å². The highest BCUT2D eigenvalue weighted by Crippen LogP contribution is 2.48. The number of para-hydroxylation sites is 1. The van der Waals surface area contributed by atoms with E-state index in [-0.39, 0.29) is 0 Å². The van der Waals surface area contributed by atoms with Gasteiger partial charge in [-0.05, 0) is 101 Å². The van der Waals surface area contributed by atoms with Gasteiger partial charge in [0, 0.05) is 32.9 Å². The monoisotopic (exact) mass is 749 g/mol. The second-order valence-electron chi connectivity index (χ2n) is 12.1. The van der Waals surface area contributed by atoms with E-state index in [9.17, 15) is 0 Å². The summed E-state index contributed by atoms with van der Waals surface area (Å²) in [5, 5.41) is 2.42. The third-order valence-electron chi connectivity index (χ3n) is 9.18. The highest BCUT2D eigenvalue weighted by atomic mass is 127. The molecule has 0 amide bonds. The van der Waals surface area contributed by atoms with Crippen molar-refractivity contribution in [3.05, 3.63) is 169 Å². The van der Waals surface area contributed by atoms with E-state index in [2.05, 4.69) is 176 Å². The molecular weight excluding hydrogens is 717 g/mol. The fourth-order valence-corrected chi connectivity index (χ4v) is 8.19. The van der Waals surface area contributed by atoms with Crippen LogP contribution in [0.5, 0.6) is 5.75 Å². The van der Waals surface area contributed by atoms with Gasteiger partial charge in [0.1, 0.15) is 5.75 Å². The van der Waals surface area contributed by atoms with Gasteiger partial charge in [-0.1, -0.05) is 109 Å². The van der Waals surface area contributed by atoms with Crippen LogP contribution in [0.4, 0.5) is 17.1 Å². The molecule has 1 aromatic heterocycles. The van der Waals surface area contributed by atoms with Crippen molar-refractivity contribution in [3.63, 3.8) is 0 Å². The Morgan fingerprint density at radius 3 is 1.90 bits per heavy atom. The summed E-state index contributed by atoms with van der Waals surface area (Å²) in [6.07, 6.45) is 0. The van der Waals surface area contributed by atoms with E-state index in [0.717, 1.165) is 22.8 Å². The number of halogens is 1. The molecule has 1 heterocycles. The van der Waals surface area contributed by atoms with Crippen molar-refractivity contribution >= 4 is 71.6 Å². The van der Waals surface area contributed by atoms with Crippen molar-refractivity contribution in [1.82, 2.24) is 0 Å². The molecule has 8 aromatic rings. The molecule has 0 unspecified atom stereocenters. The topological polar surface area (TPSA) is 12.5 Å². The average Bonchev–Trinajstić information content (AvgIpc) is 3.51. The summed E-state index contributed by atoms with van der Waals surface area (Å²) in [6.45, 7) is 4.43. The van der Waals surface area contributed by atoms with Crippen molar-refractivity contribution in [1.29, 1.82) is 0 Å². The lowest BCUT2D eigenvalue weighted by atomic mass is 9.90. The van der Waals surface area contributed by atoms with Crippen LogP contribution in [-0.2, 0) is 0 Å². The molecule has 0 aliphatic rings. The first-order valence-corrected chi connectivity index (χ1v) is 17.7. The molecule has 48 heavy (non-hydrogen) atoms. The molecular formula is C44H32INOS. The Balaban J connectivity index is 1.29. The molecule has 0 bridgehead atoms. The number of anilines is 3. The fraction of sp³-hybridized carbons (Fsp3) is 0.0455. The first-order chi connectivity index (χ1) is 23.6. The first-order valence-electron chi connectivity index (χ1n) is 16.0. The Bertz CT molecular complexity index is 2400. The zero-order valence-electron chi connectivity index (χ0n) is 26.7. The van der Waals surface area contributed by atoms with E-state index in [4.69, 9.17) is 3.07 Å². The summed E-state index contributed by atoms with van der Waals surface area (Å²) in [5.74, 6) is 0.822. The van der Waals surface area contributed by atoms with Gasteiger partial charge in [-0.15, -0.1) is 11.3 Å². The summed E-state index contributed by atoms with van der Waals surface area (Å²) in [4.78, 5) is 2.35. The zero-order chi connectivity index (χ0) is 32.6. The number of hydrogen-bond acceptors (Lipinski definition) is 3. The predicted octanol–water partition coefficient (Wildman–Crippen LogP) is 13.9. The second-order valence-corrected chi connectivity index (χ2v) is 13.6. The van der Waals surface area contributed by atoms with E-state index < -0.39 is 0 Å². The van der Waals surface area contributed by atoms with E-state index in [1.165, 1.54) is 64.7 Å². The minimum Gasteiger partial charge on any atom is -0.428 e. The van der Waals surface area contributed by atoms with Crippen molar-refractivity contribution < 1.29 is 3.07 Å². The molecule has 232 valence electrons. The molecule has 0 spiro atoms. The number of benzene rings is 7. The second kappa shape index (κ2) is 12.9. The first kappa shape index (κ1) is 30.4. The average molecular weight is 750 g/mol. The van der Waals surface area contributed by atoms with Crippen LogP contribution in [0.1, 0.15) is 11.1 Å². The van der Waals surface area contributed by atoms with E-state index in [1.54, 1.807) is 0 Å². The standard InChI is InChI=1S/C44H32INOS/c1-29-12-9-10-17-37(29)39-19-11-18-38(30(39)2)33-22-25-43-40(26-33)41-27-36(47-45)28-42(44(41)48-43)46(34-15-7-4-8-16-34)35-23-20-32(21-24-35)31-13-5-3-6-14-31/h3-28H,1-2H3. The van der Waals surface area contributed by atoms with Gasteiger partial charge in [-0.2, -0.15) is 0 Å². The van der Waals surface area contributed by atoms with Crippen LogP contribution >= 0.6 is 34.3 Å². The van der Waals surface area contributed by atoms with Crippen LogP contribution in [0.15, 0.2) is 158 Å². The number of fused-ring (bicyclic) bond motifs is 3. The largest absolute Gasteiger partial charge is 0.428 e. The van der Waals surface area contributed by atoms with Crippen molar-refractivity contribution in [2.45, 2.75) is 13.8 Å². The van der Waals surface area contributed by atoms with Crippen LogP contribution in [0.3, 0.4) is 0 Å². The maximum absolute atomic E-state index is 5.94. The Morgan fingerprint density at radius 1 is 0.521 bits per heavy atom. The number of aryl methyl sites for hydroxylation is 1. The maximum atomic E-state index is 5.94. The van der Waals surface area contributed by atoms with Crippen molar-refractivity contribution in [3.8, 4) is 39.1 Å². The summed E-state index contributed by atoms with van der Waals surface area (Å²) in [7, 11) is 0. The minimum atomic E-state index is 0.822. The Hall–Kier alpha value is -4.91. The quantitative estimate of drug-likeness (QED) is 0.150. The molecule has 2 nitrogen and oxygen atoms in total. The summed E-state index contributed by atoms with van der Waals surface area (Å²) in [6, 6.07) is 56.6. The van der Waals surface area contributed by atoms with Crippen LogP contribution in [0.2, 0.25) is 0 Å². The molecule has 0 aliphatic carbocycles. The molecule has 0 radical (unpaired) electrons. The minimum absolute atomic E-state index is 0.822. The van der Waals surface area contributed by atoms with Crippen LogP contribution in [-0.4, -0.2) is 0 Å². The highest BCUT2D eigenvalue weighted by Gasteiger charge is 2.21. The number of hydrogen-bond donors (Lipinski definition) is 0. The smallest absolute Gasteiger partial charge is 0.192 e. The third kappa shape index (κ3) is 5.55. The molecule has 0 aliphatic heterocycles. The lowest BCUT2D eigenvalue weighted by Gasteiger charge is -2.26. The zero-order valence-corrected chi connectivity index (χ0v) is 29.6. The Kier molecular flexibility index (Phi) is 8.21. The third-order valence-corrected chi connectivity index (χ3v) is 10.9. The van der Waals surface area contributed by atoms with E-state index in [0.29, 0.717) is 0 Å². The van der Waals surface area contributed by atoms with Gasteiger partial charge >= 0.3 is 0 Å². The SMILES string of the molecule is Cc1ccccc1-c1cccc(-c2ccc3sc4c(N(c5ccccc5)c5ccc(-c6ccccc6)cc5)cc(OI)cc4c3c2)c1C. The van der Waals surface area contributed by atoms with Crippen molar-refractivity contribution in [2.24, 2.45) is 0 Å². The molecule has 0 N–H and O–H groups in total. The summed E-state index contributed by atoms with van der Waals surface area (Å²) < 4.78 is 8.41. The van der Waals surface area contributed by atoms with Gasteiger partial charge < -0.3 is 7.97 Å². The number of thiophene rings is 1. The predicted molar refractivity (Wildman–Crippen MR) is 214 cm³/mol. The molecule has 0 saturated heterocycles. The number of nitrogens with zero attached hydrogens (tertiary/aromatic N) is 1. The molecule has 7 aromatic carbocycles. The fourth-order valence-electron chi connectivity index (χ4n) is 6.77. The summed E-state index contributed by atoms with van der Waals surface area (Å²) in [5.41, 5.74) is 13.3. The molecule has 4 heteroatoms. The highest BCUT2D eigenvalue weighted by molar-refractivity contribution is 14.1. The van der Waals surface area contributed by atoms with Crippen molar-refractivity contribution in [2.75, 3.05) is 4.90 Å². The van der Waals surface area contributed by atoms with Crippen LogP contribution in [0, 0.1) is 13.8 Å². The molecule has 0 saturated carbocycles. The van der Waals surface area contributed by atoms with Gasteiger partial charge in [-0.25, -0.2) is 0 Å². The number of rotatable bonds is 7. The van der Waals surface area contributed by atoms with Gasteiger partial charge in [-0.3, -0.25) is 0 Å². The molecule has 0 fully saturated rings. The summed E-state index contributed by atoms with van der Waals surface area (Å²) >= 11 is 3.84. The van der Waals surface area contributed by atoms with Crippen LogP contribution in [0.25, 0.3) is 53.6 Å². The lowest BCUT2D eigenvalue weighted by molar-refractivity contribution is 0.719. The Morgan fingerprint density at radius 2 is 1.15 bits per heavy atom. The van der Waals surface area contributed by atoms with E-state index >= 15 is 0 Å². The lowest BCUT2D eigenvalue weighted by Crippen LogP contribution is -2.10. The molecule has 0 atom stereocenters. The van der Waals surface area contributed by atoms with Gasteiger partial charge in [0.15, 0.2) is 23.0 Å². The Labute approximate surface area is 299 Å². The van der Waals surface area contributed by atoms with Crippen LogP contribution < -0.4 is 7.97 Å². The normalized spacial score (nSPS) is 11.2. The van der Waals surface area contributed by atoms with E-state index in [1.807, 2.05) is 34.3 Å².